The second-order valence-electron chi connectivity index (χ2n) is 7.66. The van der Waals surface area contributed by atoms with Crippen molar-refractivity contribution in [2.45, 2.75) is 57.9 Å². The zero-order valence-corrected chi connectivity index (χ0v) is 16.3. The zero-order valence-electron chi connectivity index (χ0n) is 16.3. The molecule has 1 N–H and O–H groups in total. The van der Waals surface area contributed by atoms with Crippen LogP contribution in [0.15, 0.2) is 24.3 Å². The summed E-state index contributed by atoms with van der Waals surface area (Å²) in [4.78, 5) is 15.4. The number of aromatic amines is 1. The standard InChI is InChI=1S/C21H26FN3O3/c1-13-11-18-19(14(2)28-13)23-24-20(18)21(26)25(17-7-9-27-10-8-17)12-15-3-5-16(22)6-4-15/h3-6,13-14,17H,7-12H2,1-2H3,(H,23,24)/t13-,14+/m1/s1. The first kappa shape index (κ1) is 19.1. The van der Waals surface area contributed by atoms with Gasteiger partial charge in [-0.1, -0.05) is 12.1 Å². The lowest BCUT2D eigenvalue weighted by molar-refractivity contribution is -0.00711. The number of H-pyrrole nitrogens is 1. The van der Waals surface area contributed by atoms with Crippen molar-refractivity contribution in [3.63, 3.8) is 0 Å². The maximum atomic E-state index is 13.5. The smallest absolute Gasteiger partial charge is 0.275 e. The van der Waals surface area contributed by atoms with E-state index in [4.69, 9.17) is 9.47 Å². The highest BCUT2D eigenvalue weighted by Gasteiger charge is 2.34. The van der Waals surface area contributed by atoms with Crippen molar-refractivity contribution >= 4 is 5.91 Å². The van der Waals surface area contributed by atoms with Gasteiger partial charge in [0.15, 0.2) is 5.69 Å². The van der Waals surface area contributed by atoms with Crippen LogP contribution in [0.1, 0.15) is 60.1 Å². The molecule has 1 aromatic carbocycles. The maximum absolute atomic E-state index is 13.5. The predicted octanol–water partition coefficient (Wildman–Crippen LogP) is 3.39. The van der Waals surface area contributed by atoms with Gasteiger partial charge in [-0.3, -0.25) is 9.89 Å². The van der Waals surface area contributed by atoms with E-state index in [1.165, 1.54) is 12.1 Å². The fourth-order valence-corrected chi connectivity index (χ4v) is 4.14. The van der Waals surface area contributed by atoms with Crippen LogP contribution in [0.25, 0.3) is 0 Å². The summed E-state index contributed by atoms with van der Waals surface area (Å²) in [5.41, 5.74) is 3.21. The number of nitrogens with one attached hydrogen (secondary N) is 1. The minimum Gasteiger partial charge on any atom is -0.381 e. The summed E-state index contributed by atoms with van der Waals surface area (Å²) in [5.74, 6) is -0.368. The predicted molar refractivity (Wildman–Crippen MR) is 101 cm³/mol. The number of nitrogens with zero attached hydrogens (tertiary/aromatic N) is 2. The van der Waals surface area contributed by atoms with Crippen LogP contribution in [0.3, 0.4) is 0 Å². The lowest BCUT2D eigenvalue weighted by atomic mass is 9.98. The summed E-state index contributed by atoms with van der Waals surface area (Å²) in [6.07, 6.45) is 2.17. The summed E-state index contributed by atoms with van der Waals surface area (Å²) < 4.78 is 24.6. The molecule has 2 aliphatic heterocycles. The molecule has 6 nitrogen and oxygen atoms in total. The Bertz CT molecular complexity index is 830. The molecule has 0 spiro atoms. The third kappa shape index (κ3) is 3.82. The fourth-order valence-electron chi connectivity index (χ4n) is 4.14. The quantitative estimate of drug-likeness (QED) is 0.873. The SMILES string of the molecule is C[C@@H]1Cc2c(C(=O)N(Cc3ccc(F)cc3)C3CCOCC3)n[nH]c2[C@H](C)O1. The van der Waals surface area contributed by atoms with E-state index >= 15 is 0 Å². The van der Waals surface area contributed by atoms with E-state index in [0.29, 0.717) is 31.9 Å². The Hall–Kier alpha value is -2.25. The molecule has 1 amide bonds. The van der Waals surface area contributed by atoms with E-state index < -0.39 is 0 Å². The first-order valence-electron chi connectivity index (χ1n) is 9.88. The highest BCUT2D eigenvalue weighted by molar-refractivity contribution is 5.94. The van der Waals surface area contributed by atoms with Crippen molar-refractivity contribution < 1.29 is 18.7 Å². The normalized spacial score (nSPS) is 22.7. The van der Waals surface area contributed by atoms with Crippen LogP contribution in [0.5, 0.6) is 0 Å². The lowest BCUT2D eigenvalue weighted by Gasteiger charge is -2.34. The Morgan fingerprint density at radius 1 is 1.25 bits per heavy atom. The van der Waals surface area contributed by atoms with Gasteiger partial charge in [0.25, 0.3) is 5.91 Å². The number of rotatable bonds is 4. The Kier molecular flexibility index (Phi) is 5.46. The van der Waals surface area contributed by atoms with E-state index in [9.17, 15) is 9.18 Å². The second kappa shape index (κ2) is 8.01. The molecule has 1 aromatic heterocycles. The summed E-state index contributed by atoms with van der Waals surface area (Å²) >= 11 is 0. The molecule has 1 fully saturated rings. The van der Waals surface area contributed by atoms with E-state index in [0.717, 1.165) is 29.7 Å². The van der Waals surface area contributed by atoms with E-state index in [-0.39, 0.29) is 30.0 Å². The molecule has 0 saturated carbocycles. The number of benzene rings is 1. The van der Waals surface area contributed by atoms with Crippen molar-refractivity contribution in [2.24, 2.45) is 0 Å². The van der Waals surface area contributed by atoms with Gasteiger partial charge < -0.3 is 14.4 Å². The molecule has 2 aromatic rings. The highest BCUT2D eigenvalue weighted by Crippen LogP contribution is 2.31. The van der Waals surface area contributed by atoms with Gasteiger partial charge in [-0.05, 0) is 44.4 Å². The third-order valence-corrected chi connectivity index (χ3v) is 5.59. The van der Waals surface area contributed by atoms with Crippen molar-refractivity contribution in [1.82, 2.24) is 15.1 Å². The van der Waals surface area contributed by atoms with E-state index in [1.54, 1.807) is 12.1 Å². The number of carbonyl (C=O) groups excluding carboxylic acids is 1. The second-order valence-corrected chi connectivity index (χ2v) is 7.66. The number of ether oxygens (including phenoxy) is 2. The fraction of sp³-hybridized carbons (Fsp3) is 0.524. The van der Waals surface area contributed by atoms with Gasteiger partial charge >= 0.3 is 0 Å². The molecule has 3 heterocycles. The van der Waals surface area contributed by atoms with Gasteiger partial charge in [-0.25, -0.2) is 4.39 Å². The van der Waals surface area contributed by atoms with Gasteiger partial charge in [-0.2, -0.15) is 5.10 Å². The zero-order chi connectivity index (χ0) is 19.7. The monoisotopic (exact) mass is 387 g/mol. The molecule has 28 heavy (non-hydrogen) atoms. The van der Waals surface area contributed by atoms with Gasteiger partial charge in [0.05, 0.1) is 17.9 Å². The maximum Gasteiger partial charge on any atom is 0.275 e. The molecule has 0 bridgehead atoms. The molecular weight excluding hydrogens is 361 g/mol. The first-order chi connectivity index (χ1) is 13.5. The van der Waals surface area contributed by atoms with Gasteiger partial charge in [-0.15, -0.1) is 0 Å². The molecule has 2 aliphatic rings. The molecule has 0 unspecified atom stereocenters. The van der Waals surface area contributed by atoms with Crippen molar-refractivity contribution in [2.75, 3.05) is 13.2 Å². The number of hydrogen-bond donors (Lipinski definition) is 1. The average Bonchev–Trinajstić information content (AvgIpc) is 3.12. The summed E-state index contributed by atoms with van der Waals surface area (Å²) in [7, 11) is 0. The van der Waals surface area contributed by atoms with Crippen LogP contribution in [0.2, 0.25) is 0 Å². The number of aromatic nitrogens is 2. The summed E-state index contributed by atoms with van der Waals surface area (Å²) in [6, 6.07) is 6.39. The largest absolute Gasteiger partial charge is 0.381 e. The molecule has 7 heteroatoms. The molecule has 0 radical (unpaired) electrons. The van der Waals surface area contributed by atoms with Crippen molar-refractivity contribution in [3.05, 3.63) is 52.6 Å². The number of amides is 1. The van der Waals surface area contributed by atoms with Gasteiger partial charge in [0.2, 0.25) is 0 Å². The molecular formula is C21H26FN3O3. The average molecular weight is 387 g/mol. The van der Waals surface area contributed by atoms with Crippen LogP contribution >= 0.6 is 0 Å². The van der Waals surface area contributed by atoms with Crippen LogP contribution < -0.4 is 0 Å². The Balaban J connectivity index is 1.64. The van der Waals surface area contributed by atoms with Crippen molar-refractivity contribution in [1.29, 1.82) is 0 Å². The molecule has 150 valence electrons. The van der Waals surface area contributed by atoms with Crippen molar-refractivity contribution in [3.8, 4) is 0 Å². The van der Waals surface area contributed by atoms with Crippen LogP contribution in [0.4, 0.5) is 4.39 Å². The minimum absolute atomic E-state index is 0.0419. The van der Waals surface area contributed by atoms with E-state index in [2.05, 4.69) is 10.2 Å². The van der Waals surface area contributed by atoms with Crippen LogP contribution in [-0.4, -0.2) is 46.4 Å². The van der Waals surface area contributed by atoms with E-state index in [1.807, 2.05) is 18.7 Å². The van der Waals surface area contributed by atoms with Crippen LogP contribution in [-0.2, 0) is 22.4 Å². The number of fused-ring (bicyclic) bond motifs is 1. The molecule has 0 aliphatic carbocycles. The Morgan fingerprint density at radius 3 is 2.68 bits per heavy atom. The Morgan fingerprint density at radius 2 is 1.96 bits per heavy atom. The topological polar surface area (TPSA) is 67.5 Å². The third-order valence-electron chi connectivity index (χ3n) is 5.59. The number of halogens is 1. The minimum atomic E-state index is -0.281. The first-order valence-corrected chi connectivity index (χ1v) is 9.88. The number of hydrogen-bond acceptors (Lipinski definition) is 4. The summed E-state index contributed by atoms with van der Waals surface area (Å²) in [6.45, 7) is 5.68. The molecule has 1 saturated heterocycles. The van der Waals surface area contributed by atoms with Gasteiger partial charge in [0, 0.05) is 37.8 Å². The van der Waals surface area contributed by atoms with Crippen LogP contribution in [0, 0.1) is 5.82 Å². The lowest BCUT2D eigenvalue weighted by Crippen LogP contribution is -2.43. The molecule has 2 atom stereocenters. The summed E-state index contributed by atoms with van der Waals surface area (Å²) in [5, 5.41) is 7.38. The number of carbonyl (C=O) groups is 1. The highest BCUT2D eigenvalue weighted by atomic mass is 19.1. The molecule has 4 rings (SSSR count). The van der Waals surface area contributed by atoms with Gasteiger partial charge in [0.1, 0.15) is 5.82 Å². The Labute approximate surface area is 164 Å².